The first kappa shape index (κ1) is 7.92. The largest absolute Gasteiger partial charge is 0.389 e. The van der Waals surface area contributed by atoms with E-state index >= 15 is 0 Å². The first-order valence-corrected chi connectivity index (χ1v) is 3.38. The van der Waals surface area contributed by atoms with Crippen molar-refractivity contribution in [3.8, 4) is 0 Å². The molecule has 1 unspecified atom stereocenters. The van der Waals surface area contributed by atoms with Crippen LogP contribution in [-0.4, -0.2) is 16.6 Å². The van der Waals surface area contributed by atoms with Gasteiger partial charge in [0.2, 0.25) is 0 Å². The van der Waals surface area contributed by atoms with E-state index in [1.165, 1.54) is 6.42 Å². The molecule has 0 amide bonds. The molecule has 1 atom stereocenters. The molecule has 1 saturated carbocycles. The highest BCUT2D eigenvalue weighted by atomic mass is 19.3. The van der Waals surface area contributed by atoms with Gasteiger partial charge in [-0.25, -0.2) is 8.78 Å². The molecule has 3 heteroatoms. The fraction of sp³-hybridized carbons (Fsp3) is 0.857. The molecular formula is C7H11F2O. The number of halogens is 2. The van der Waals surface area contributed by atoms with Crippen molar-refractivity contribution in [2.75, 3.05) is 0 Å². The Hall–Kier alpha value is -0.180. The van der Waals surface area contributed by atoms with E-state index in [4.69, 9.17) is 0 Å². The molecule has 10 heavy (non-hydrogen) atoms. The highest BCUT2D eigenvalue weighted by molar-refractivity contribution is 5.00. The van der Waals surface area contributed by atoms with E-state index in [0.717, 1.165) is 0 Å². The second-order valence-electron chi connectivity index (χ2n) is 2.92. The van der Waals surface area contributed by atoms with E-state index in [1.54, 1.807) is 6.92 Å². The van der Waals surface area contributed by atoms with E-state index in [2.05, 4.69) is 0 Å². The Morgan fingerprint density at radius 3 is 2.20 bits per heavy atom. The van der Waals surface area contributed by atoms with Crippen LogP contribution in [0.1, 0.15) is 26.2 Å². The first-order chi connectivity index (χ1) is 4.47. The first-order valence-electron chi connectivity index (χ1n) is 3.38. The van der Waals surface area contributed by atoms with Crippen molar-refractivity contribution in [2.45, 2.75) is 37.7 Å². The average Bonchev–Trinajstić information content (AvgIpc) is 2.08. The summed E-state index contributed by atoms with van der Waals surface area (Å²) in [7, 11) is 0. The highest BCUT2D eigenvalue weighted by Crippen LogP contribution is 2.42. The van der Waals surface area contributed by atoms with Crippen LogP contribution in [0.5, 0.6) is 0 Å². The van der Waals surface area contributed by atoms with Crippen LogP contribution in [0.2, 0.25) is 0 Å². The summed E-state index contributed by atoms with van der Waals surface area (Å²) in [5.41, 5.74) is -1.20. The molecule has 1 fully saturated rings. The standard InChI is InChI=1S/C7H11F2O/c1-2-6(10)3-4-7(8,9)5-6/h2,10H,3-5H2,1H3. The zero-order valence-electron chi connectivity index (χ0n) is 5.90. The lowest BCUT2D eigenvalue weighted by Gasteiger charge is -2.18. The fourth-order valence-electron chi connectivity index (χ4n) is 1.27. The van der Waals surface area contributed by atoms with Crippen molar-refractivity contribution >= 4 is 0 Å². The van der Waals surface area contributed by atoms with E-state index < -0.39 is 17.9 Å². The molecule has 1 nitrogen and oxygen atoms in total. The van der Waals surface area contributed by atoms with Gasteiger partial charge in [0.1, 0.15) is 0 Å². The van der Waals surface area contributed by atoms with Crippen LogP contribution in [-0.2, 0) is 0 Å². The summed E-state index contributed by atoms with van der Waals surface area (Å²) in [6.45, 7) is 1.61. The van der Waals surface area contributed by atoms with Crippen LogP contribution in [0, 0.1) is 6.42 Å². The summed E-state index contributed by atoms with van der Waals surface area (Å²) < 4.78 is 24.9. The van der Waals surface area contributed by atoms with Gasteiger partial charge in [0, 0.05) is 12.8 Å². The summed E-state index contributed by atoms with van der Waals surface area (Å²) >= 11 is 0. The van der Waals surface area contributed by atoms with Gasteiger partial charge in [0.05, 0.1) is 5.60 Å². The van der Waals surface area contributed by atoms with Crippen molar-refractivity contribution in [3.05, 3.63) is 6.42 Å². The highest BCUT2D eigenvalue weighted by Gasteiger charge is 2.47. The Bertz CT molecular complexity index is 136. The molecule has 59 valence electrons. The maximum Gasteiger partial charge on any atom is 0.251 e. The van der Waals surface area contributed by atoms with Crippen LogP contribution in [0.15, 0.2) is 0 Å². The Morgan fingerprint density at radius 2 is 2.00 bits per heavy atom. The topological polar surface area (TPSA) is 20.2 Å². The molecule has 0 aromatic rings. The number of hydrogen-bond donors (Lipinski definition) is 1. The molecule has 1 rings (SSSR count). The molecule has 1 radical (unpaired) electrons. The van der Waals surface area contributed by atoms with E-state index in [-0.39, 0.29) is 12.8 Å². The van der Waals surface area contributed by atoms with E-state index in [0.29, 0.717) is 0 Å². The Kier molecular flexibility index (Phi) is 1.71. The van der Waals surface area contributed by atoms with Crippen LogP contribution < -0.4 is 0 Å². The lowest BCUT2D eigenvalue weighted by atomic mass is 9.99. The van der Waals surface area contributed by atoms with Gasteiger partial charge in [-0.15, -0.1) is 0 Å². The quantitative estimate of drug-likeness (QED) is 0.602. The third kappa shape index (κ3) is 1.45. The molecule has 1 aliphatic rings. The summed E-state index contributed by atoms with van der Waals surface area (Å²) in [5, 5.41) is 9.30. The lowest BCUT2D eigenvalue weighted by molar-refractivity contribution is -0.0217. The summed E-state index contributed by atoms with van der Waals surface area (Å²) in [4.78, 5) is 0. The van der Waals surface area contributed by atoms with Gasteiger partial charge in [-0.05, 0) is 12.8 Å². The minimum Gasteiger partial charge on any atom is -0.389 e. The molecule has 0 aromatic carbocycles. The predicted octanol–water partition coefficient (Wildman–Crippen LogP) is 1.76. The molecule has 0 saturated heterocycles. The fourth-order valence-corrected chi connectivity index (χ4v) is 1.27. The molecule has 0 bridgehead atoms. The molecule has 1 N–H and O–H groups in total. The predicted molar refractivity (Wildman–Crippen MR) is 33.7 cm³/mol. The number of hydrogen-bond acceptors (Lipinski definition) is 1. The van der Waals surface area contributed by atoms with Crippen molar-refractivity contribution in [3.63, 3.8) is 0 Å². The minimum absolute atomic E-state index is 0.187. The Morgan fingerprint density at radius 1 is 1.40 bits per heavy atom. The van der Waals surface area contributed by atoms with Crippen LogP contribution in [0.3, 0.4) is 0 Å². The monoisotopic (exact) mass is 149 g/mol. The van der Waals surface area contributed by atoms with Crippen molar-refractivity contribution < 1.29 is 13.9 Å². The zero-order valence-corrected chi connectivity index (χ0v) is 5.90. The Balaban J connectivity index is 2.57. The molecule has 0 spiro atoms. The summed E-state index contributed by atoms with van der Waals surface area (Å²) in [6.07, 6.45) is 1.05. The SMILES string of the molecule is C[CH]C1(O)CCC(F)(F)C1. The molecule has 0 heterocycles. The second-order valence-corrected chi connectivity index (χ2v) is 2.92. The number of alkyl halides is 2. The lowest BCUT2D eigenvalue weighted by Crippen LogP contribution is -2.26. The third-order valence-corrected chi connectivity index (χ3v) is 2.03. The third-order valence-electron chi connectivity index (χ3n) is 2.03. The second kappa shape index (κ2) is 2.16. The maximum atomic E-state index is 12.4. The van der Waals surface area contributed by atoms with Crippen molar-refractivity contribution in [1.29, 1.82) is 0 Å². The maximum absolute atomic E-state index is 12.4. The van der Waals surface area contributed by atoms with Gasteiger partial charge in [-0.2, -0.15) is 0 Å². The van der Waals surface area contributed by atoms with Crippen LogP contribution in [0.4, 0.5) is 8.78 Å². The molecular weight excluding hydrogens is 138 g/mol. The number of aliphatic hydroxyl groups is 1. The van der Waals surface area contributed by atoms with E-state index in [9.17, 15) is 13.9 Å². The summed E-state index contributed by atoms with van der Waals surface area (Å²) in [6, 6.07) is 0. The summed E-state index contributed by atoms with van der Waals surface area (Å²) in [5.74, 6) is -2.65. The normalized spacial score (nSPS) is 38.4. The van der Waals surface area contributed by atoms with Crippen LogP contribution in [0.25, 0.3) is 0 Å². The smallest absolute Gasteiger partial charge is 0.251 e. The Labute approximate surface area is 59.0 Å². The van der Waals surface area contributed by atoms with Crippen LogP contribution >= 0.6 is 0 Å². The number of rotatable bonds is 1. The van der Waals surface area contributed by atoms with Gasteiger partial charge >= 0.3 is 0 Å². The molecule has 0 aliphatic heterocycles. The average molecular weight is 149 g/mol. The van der Waals surface area contributed by atoms with E-state index in [1.807, 2.05) is 0 Å². The van der Waals surface area contributed by atoms with Gasteiger partial charge in [0.25, 0.3) is 5.92 Å². The van der Waals surface area contributed by atoms with Gasteiger partial charge in [0.15, 0.2) is 0 Å². The van der Waals surface area contributed by atoms with Gasteiger partial charge in [-0.1, -0.05) is 6.92 Å². The molecule has 1 aliphatic carbocycles. The minimum atomic E-state index is -2.65. The van der Waals surface area contributed by atoms with Gasteiger partial charge in [-0.3, -0.25) is 0 Å². The molecule has 0 aromatic heterocycles. The van der Waals surface area contributed by atoms with Crippen molar-refractivity contribution in [2.24, 2.45) is 0 Å². The zero-order chi connectivity index (χ0) is 7.83. The van der Waals surface area contributed by atoms with Crippen molar-refractivity contribution in [1.82, 2.24) is 0 Å². The van der Waals surface area contributed by atoms with Gasteiger partial charge < -0.3 is 5.11 Å².